The van der Waals surface area contributed by atoms with Crippen LogP contribution in [-0.2, 0) is 6.42 Å². The van der Waals surface area contributed by atoms with Crippen molar-refractivity contribution in [2.24, 2.45) is 26.9 Å². The fourth-order valence-electron chi connectivity index (χ4n) is 4.00. The Morgan fingerprint density at radius 3 is 2.63 bits per heavy atom. The quantitative estimate of drug-likeness (QED) is 0.0564. The summed E-state index contributed by atoms with van der Waals surface area (Å²) in [5.41, 5.74) is 9.18. The first kappa shape index (κ1) is 24.2. The summed E-state index contributed by atoms with van der Waals surface area (Å²) in [6.07, 6.45) is 2.60. The number of H-pyrrole nitrogens is 1. The second kappa shape index (κ2) is 12.0. The van der Waals surface area contributed by atoms with E-state index in [1.807, 2.05) is 36.4 Å². The highest BCUT2D eigenvalue weighted by atomic mass is 15.2. The third kappa shape index (κ3) is 5.97. The van der Waals surface area contributed by atoms with Crippen molar-refractivity contribution in [1.29, 1.82) is 0 Å². The van der Waals surface area contributed by atoms with Gasteiger partial charge < -0.3 is 27.2 Å². The zero-order valence-electron chi connectivity index (χ0n) is 20.0. The number of aromatic nitrogens is 3. The topological polar surface area (TPSA) is 155 Å². The van der Waals surface area contributed by atoms with E-state index < -0.39 is 0 Å². The maximum Gasteiger partial charge on any atom is 0.200 e. The number of amidine groups is 1. The van der Waals surface area contributed by atoms with Crippen LogP contribution in [0.25, 0.3) is 21.9 Å². The fraction of sp³-hybridized carbons (Fsp3) is 0.320. The predicted octanol–water partition coefficient (Wildman–Crippen LogP) is 3.14. The molecule has 2 aromatic carbocycles. The summed E-state index contributed by atoms with van der Waals surface area (Å²) in [6, 6.07) is 16.1. The fourth-order valence-corrected chi connectivity index (χ4v) is 4.00. The third-order valence-corrected chi connectivity index (χ3v) is 5.66. The van der Waals surface area contributed by atoms with Crippen LogP contribution in [0.4, 0.5) is 5.82 Å². The Hall–Kier alpha value is -3.89. The molecule has 0 aliphatic carbocycles. The molecule has 0 bridgehead atoms. The lowest BCUT2D eigenvalue weighted by molar-refractivity contribution is 0.636. The highest BCUT2D eigenvalue weighted by molar-refractivity contribution is 6.13. The second-order valence-electron chi connectivity index (χ2n) is 8.19. The van der Waals surface area contributed by atoms with E-state index in [0.717, 1.165) is 77.2 Å². The maximum absolute atomic E-state index is 5.56. The molecule has 0 unspecified atom stereocenters. The van der Waals surface area contributed by atoms with Crippen molar-refractivity contribution in [3.63, 3.8) is 0 Å². The minimum absolute atomic E-state index is 0.365. The molecule has 2 heterocycles. The predicted molar refractivity (Wildman–Crippen MR) is 142 cm³/mol. The van der Waals surface area contributed by atoms with Gasteiger partial charge in [0.25, 0.3) is 0 Å². The van der Waals surface area contributed by atoms with E-state index in [-0.39, 0.29) is 0 Å². The van der Waals surface area contributed by atoms with Gasteiger partial charge in [-0.05, 0) is 44.1 Å². The first-order valence-corrected chi connectivity index (χ1v) is 11.8. The number of fused-ring (bicyclic) bond motifs is 3. The van der Waals surface area contributed by atoms with Crippen LogP contribution in [0, 0.1) is 0 Å². The molecular weight excluding hydrogens is 440 g/mol. The Labute approximate surface area is 204 Å². The standard InChI is InChI=1S/C25H32N10/c1-28-35-23(34-27)18-9-10-19-20(16-18)31-25-22(19)24(30-14-6-13-29-12-5-11-26)32-21(33-25)15-17-7-3-2-4-8-17/h2-4,7-10,16,29H,5-6,11-15,26-27H2,1H3,(H2,30,31,32,33). The van der Waals surface area contributed by atoms with Crippen LogP contribution in [0.3, 0.4) is 0 Å². The number of hydrazone groups is 1. The van der Waals surface area contributed by atoms with Gasteiger partial charge in [-0.3, -0.25) is 0 Å². The van der Waals surface area contributed by atoms with Crippen molar-refractivity contribution >= 4 is 33.6 Å². The minimum atomic E-state index is 0.365. The smallest absolute Gasteiger partial charge is 0.200 e. The van der Waals surface area contributed by atoms with Gasteiger partial charge in [0.05, 0.1) is 5.39 Å². The first-order chi connectivity index (χ1) is 17.2. The first-order valence-electron chi connectivity index (χ1n) is 11.8. The molecule has 0 fully saturated rings. The van der Waals surface area contributed by atoms with Crippen molar-refractivity contribution in [3.05, 3.63) is 65.5 Å². The van der Waals surface area contributed by atoms with Gasteiger partial charge in [-0.1, -0.05) is 42.5 Å². The van der Waals surface area contributed by atoms with Crippen molar-refractivity contribution in [3.8, 4) is 0 Å². The Kier molecular flexibility index (Phi) is 8.31. The van der Waals surface area contributed by atoms with Crippen molar-refractivity contribution in [2.45, 2.75) is 19.3 Å². The zero-order valence-corrected chi connectivity index (χ0v) is 20.0. The number of hydrogen-bond acceptors (Lipinski definition) is 8. The van der Waals surface area contributed by atoms with Crippen LogP contribution in [-0.4, -0.2) is 54.0 Å². The van der Waals surface area contributed by atoms with Crippen LogP contribution in [0.15, 0.2) is 63.9 Å². The molecule has 182 valence electrons. The van der Waals surface area contributed by atoms with E-state index in [0.29, 0.717) is 18.8 Å². The molecule has 0 amide bonds. The lowest BCUT2D eigenvalue weighted by Gasteiger charge is -2.10. The summed E-state index contributed by atoms with van der Waals surface area (Å²) in [7, 11) is 1.59. The molecule has 10 heteroatoms. The van der Waals surface area contributed by atoms with E-state index in [2.05, 4.69) is 43.1 Å². The molecule has 10 nitrogen and oxygen atoms in total. The Morgan fingerprint density at radius 1 is 1.03 bits per heavy atom. The molecule has 0 saturated carbocycles. The Balaban J connectivity index is 1.67. The van der Waals surface area contributed by atoms with Gasteiger partial charge in [-0.15, -0.1) is 5.11 Å². The molecular formula is C25H32N10. The number of nitrogens with zero attached hydrogens (tertiary/aromatic N) is 5. The normalized spacial score (nSPS) is 12.2. The zero-order chi connectivity index (χ0) is 24.5. The number of hydrogen-bond donors (Lipinski definition) is 5. The second-order valence-corrected chi connectivity index (χ2v) is 8.19. The molecule has 0 saturated heterocycles. The van der Waals surface area contributed by atoms with Crippen molar-refractivity contribution in [2.75, 3.05) is 38.5 Å². The van der Waals surface area contributed by atoms with Crippen LogP contribution in [0.5, 0.6) is 0 Å². The lowest BCUT2D eigenvalue weighted by atomic mass is 10.1. The number of azo groups is 1. The van der Waals surface area contributed by atoms with Crippen LogP contribution < -0.4 is 22.2 Å². The summed E-state index contributed by atoms with van der Waals surface area (Å²) in [5.74, 6) is 7.45. The van der Waals surface area contributed by atoms with Gasteiger partial charge in [-0.25, -0.2) is 9.97 Å². The SMILES string of the molecule is CN=NC(=NN)c1ccc2c(c1)[nH]c1nc(Cc3ccccc3)nc(NCCCNCCCN)c12. The maximum atomic E-state index is 5.56. The average molecular weight is 473 g/mol. The molecule has 0 aliphatic heterocycles. The molecule has 35 heavy (non-hydrogen) atoms. The number of nitrogens with two attached hydrogens (primary N) is 2. The summed E-state index contributed by atoms with van der Waals surface area (Å²) in [4.78, 5) is 13.2. The molecule has 4 rings (SSSR count). The van der Waals surface area contributed by atoms with Gasteiger partial charge in [0.15, 0.2) is 5.84 Å². The van der Waals surface area contributed by atoms with Gasteiger partial charge in [-0.2, -0.15) is 10.2 Å². The number of anilines is 1. The van der Waals surface area contributed by atoms with Crippen molar-refractivity contribution < 1.29 is 0 Å². The van der Waals surface area contributed by atoms with E-state index in [9.17, 15) is 0 Å². The third-order valence-electron chi connectivity index (χ3n) is 5.66. The van der Waals surface area contributed by atoms with E-state index in [4.69, 9.17) is 21.5 Å². The molecule has 7 N–H and O–H groups in total. The number of rotatable bonds is 11. The Morgan fingerprint density at radius 2 is 1.86 bits per heavy atom. The summed E-state index contributed by atoms with van der Waals surface area (Å²) >= 11 is 0. The van der Waals surface area contributed by atoms with Gasteiger partial charge in [0, 0.05) is 36.5 Å². The monoisotopic (exact) mass is 472 g/mol. The summed E-state index contributed by atoms with van der Waals surface area (Å²) in [6.45, 7) is 3.35. The van der Waals surface area contributed by atoms with E-state index in [1.54, 1.807) is 7.05 Å². The number of benzene rings is 2. The van der Waals surface area contributed by atoms with Gasteiger partial charge in [0.2, 0.25) is 0 Å². The Bertz CT molecular complexity index is 1310. The van der Waals surface area contributed by atoms with Gasteiger partial charge >= 0.3 is 0 Å². The molecule has 0 radical (unpaired) electrons. The van der Waals surface area contributed by atoms with Gasteiger partial charge in [0.1, 0.15) is 17.3 Å². The van der Waals surface area contributed by atoms with Crippen molar-refractivity contribution in [1.82, 2.24) is 20.3 Å². The molecule has 4 aromatic rings. The molecule has 0 atom stereocenters. The molecule has 2 aromatic heterocycles. The number of aromatic amines is 1. The summed E-state index contributed by atoms with van der Waals surface area (Å²) in [5, 5.41) is 20.5. The summed E-state index contributed by atoms with van der Waals surface area (Å²) < 4.78 is 0. The molecule has 0 spiro atoms. The number of nitrogens with one attached hydrogen (secondary N) is 3. The highest BCUT2D eigenvalue weighted by Gasteiger charge is 2.15. The highest BCUT2D eigenvalue weighted by Crippen LogP contribution is 2.31. The van der Waals surface area contributed by atoms with Crippen LogP contribution >= 0.6 is 0 Å². The minimum Gasteiger partial charge on any atom is -0.369 e. The van der Waals surface area contributed by atoms with Crippen LogP contribution in [0.1, 0.15) is 29.8 Å². The largest absolute Gasteiger partial charge is 0.369 e. The van der Waals surface area contributed by atoms with E-state index in [1.165, 1.54) is 0 Å². The van der Waals surface area contributed by atoms with Crippen LogP contribution in [0.2, 0.25) is 0 Å². The molecule has 0 aliphatic rings. The average Bonchev–Trinajstić information content (AvgIpc) is 3.25. The lowest BCUT2D eigenvalue weighted by Crippen LogP contribution is -2.21. The van der Waals surface area contributed by atoms with E-state index >= 15 is 0 Å².